The van der Waals surface area contributed by atoms with Gasteiger partial charge in [-0.1, -0.05) is 44.2 Å². The van der Waals surface area contributed by atoms with Crippen molar-refractivity contribution in [1.29, 1.82) is 0 Å². The minimum absolute atomic E-state index is 0.597. The Balaban J connectivity index is 3.93. The zero-order valence-electron chi connectivity index (χ0n) is 8.79. The molecule has 0 rings (SSSR count). The van der Waals surface area contributed by atoms with Crippen LogP contribution in [0.25, 0.3) is 0 Å². The summed E-state index contributed by atoms with van der Waals surface area (Å²) in [5.74, 6) is 0.733. The van der Waals surface area contributed by atoms with E-state index >= 15 is 0 Å². The summed E-state index contributed by atoms with van der Waals surface area (Å²) in [5.41, 5.74) is 0. The second-order valence-corrected chi connectivity index (χ2v) is 6.12. The fourth-order valence-corrected chi connectivity index (χ4v) is 3.62. The van der Waals surface area contributed by atoms with Gasteiger partial charge in [0.05, 0.1) is 4.58 Å². The lowest BCUT2D eigenvalue weighted by atomic mass is 10.1. The number of thioether (sulfide) groups is 2. The van der Waals surface area contributed by atoms with Crippen molar-refractivity contribution in [2.24, 2.45) is 5.92 Å². The topological polar surface area (TPSA) is 12.0 Å². The number of hydrogen-bond acceptors (Lipinski definition) is 3. The van der Waals surface area contributed by atoms with Gasteiger partial charge in [0.25, 0.3) is 0 Å². The molecule has 1 nitrogen and oxygen atoms in total. The molecule has 13 heavy (non-hydrogen) atoms. The standard InChI is InChI=1S/C9H19NS3/c1-5-6-7(2)8(12-4)13-9(11)10-3/h7-8H,5-6H2,1-4H3,(H,10,11). The molecule has 0 aliphatic carbocycles. The lowest BCUT2D eigenvalue weighted by Crippen LogP contribution is -2.18. The van der Waals surface area contributed by atoms with Crippen LogP contribution in [0.5, 0.6) is 0 Å². The van der Waals surface area contributed by atoms with Crippen molar-refractivity contribution >= 4 is 40.1 Å². The van der Waals surface area contributed by atoms with E-state index in [4.69, 9.17) is 12.2 Å². The first-order valence-electron chi connectivity index (χ1n) is 4.56. The third kappa shape index (κ3) is 5.81. The Hall–Kier alpha value is 0.590. The van der Waals surface area contributed by atoms with Crippen molar-refractivity contribution in [2.45, 2.75) is 31.3 Å². The van der Waals surface area contributed by atoms with E-state index in [1.807, 2.05) is 18.8 Å². The van der Waals surface area contributed by atoms with Crippen LogP contribution in [-0.4, -0.2) is 22.2 Å². The van der Waals surface area contributed by atoms with Crippen molar-refractivity contribution < 1.29 is 0 Å². The monoisotopic (exact) mass is 237 g/mol. The van der Waals surface area contributed by atoms with E-state index in [-0.39, 0.29) is 0 Å². The van der Waals surface area contributed by atoms with Crippen molar-refractivity contribution in [3.8, 4) is 0 Å². The average molecular weight is 237 g/mol. The first kappa shape index (κ1) is 13.6. The van der Waals surface area contributed by atoms with E-state index in [2.05, 4.69) is 25.4 Å². The smallest absolute Gasteiger partial charge is 0.134 e. The fourth-order valence-electron chi connectivity index (χ4n) is 1.15. The summed E-state index contributed by atoms with van der Waals surface area (Å²) in [6.07, 6.45) is 4.69. The maximum absolute atomic E-state index is 5.14. The molecule has 2 atom stereocenters. The highest BCUT2D eigenvalue weighted by Crippen LogP contribution is 2.31. The molecule has 0 saturated heterocycles. The molecular formula is C9H19NS3. The second kappa shape index (κ2) is 7.94. The molecule has 0 radical (unpaired) electrons. The van der Waals surface area contributed by atoms with E-state index in [0.717, 1.165) is 10.2 Å². The van der Waals surface area contributed by atoms with Crippen molar-refractivity contribution in [1.82, 2.24) is 5.32 Å². The highest BCUT2D eigenvalue weighted by atomic mass is 32.2. The molecule has 0 aliphatic heterocycles. The van der Waals surface area contributed by atoms with Crippen LogP contribution < -0.4 is 5.32 Å². The molecule has 0 spiro atoms. The normalized spacial score (nSPS) is 15.1. The predicted molar refractivity (Wildman–Crippen MR) is 70.6 cm³/mol. The summed E-state index contributed by atoms with van der Waals surface area (Å²) in [7, 11) is 1.89. The highest BCUT2D eigenvalue weighted by molar-refractivity contribution is 8.30. The van der Waals surface area contributed by atoms with Crippen LogP contribution in [0.3, 0.4) is 0 Å². The van der Waals surface area contributed by atoms with Gasteiger partial charge in [-0.15, -0.1) is 0 Å². The molecule has 0 fully saturated rings. The van der Waals surface area contributed by atoms with Crippen molar-refractivity contribution in [2.75, 3.05) is 13.3 Å². The average Bonchev–Trinajstić information content (AvgIpc) is 2.14. The van der Waals surface area contributed by atoms with Crippen LogP contribution in [-0.2, 0) is 0 Å². The zero-order chi connectivity index (χ0) is 10.3. The van der Waals surface area contributed by atoms with Gasteiger partial charge in [0.1, 0.15) is 4.32 Å². The Morgan fingerprint density at radius 2 is 2.15 bits per heavy atom. The molecule has 1 N–H and O–H groups in total. The van der Waals surface area contributed by atoms with Crippen LogP contribution in [0.2, 0.25) is 0 Å². The van der Waals surface area contributed by atoms with Gasteiger partial charge in [-0.05, 0) is 18.6 Å². The van der Waals surface area contributed by atoms with E-state index in [0.29, 0.717) is 4.58 Å². The summed E-state index contributed by atoms with van der Waals surface area (Å²) < 4.78 is 1.50. The first-order valence-corrected chi connectivity index (χ1v) is 7.14. The summed E-state index contributed by atoms with van der Waals surface area (Å²) in [6.45, 7) is 4.53. The molecule has 4 heteroatoms. The maximum Gasteiger partial charge on any atom is 0.134 e. The molecule has 0 amide bonds. The third-order valence-electron chi connectivity index (χ3n) is 1.87. The van der Waals surface area contributed by atoms with Gasteiger partial charge in [0, 0.05) is 7.05 Å². The number of hydrogen-bond donors (Lipinski definition) is 1. The van der Waals surface area contributed by atoms with E-state index < -0.39 is 0 Å². The van der Waals surface area contributed by atoms with Gasteiger partial charge in [-0.25, -0.2) is 0 Å². The molecular weight excluding hydrogens is 218 g/mol. The van der Waals surface area contributed by atoms with Crippen LogP contribution in [0.1, 0.15) is 26.7 Å². The van der Waals surface area contributed by atoms with Crippen LogP contribution in [0, 0.1) is 5.92 Å². The Morgan fingerprint density at radius 1 is 1.54 bits per heavy atom. The lowest BCUT2D eigenvalue weighted by molar-refractivity contribution is 0.568. The first-order chi connectivity index (χ1) is 6.15. The Kier molecular flexibility index (Phi) is 8.31. The lowest BCUT2D eigenvalue weighted by Gasteiger charge is -2.21. The molecule has 0 heterocycles. The molecule has 0 aromatic rings. The van der Waals surface area contributed by atoms with Gasteiger partial charge in [0.15, 0.2) is 0 Å². The van der Waals surface area contributed by atoms with Gasteiger partial charge in [-0.2, -0.15) is 11.8 Å². The molecule has 2 unspecified atom stereocenters. The summed E-state index contributed by atoms with van der Waals surface area (Å²) in [4.78, 5) is 0. The van der Waals surface area contributed by atoms with Gasteiger partial charge in [0.2, 0.25) is 0 Å². The van der Waals surface area contributed by atoms with E-state index in [9.17, 15) is 0 Å². The van der Waals surface area contributed by atoms with Crippen molar-refractivity contribution in [3.05, 3.63) is 0 Å². The molecule has 0 saturated carbocycles. The number of rotatable bonds is 5. The van der Waals surface area contributed by atoms with Crippen LogP contribution in [0.4, 0.5) is 0 Å². The predicted octanol–water partition coefficient (Wildman–Crippen LogP) is 3.35. The molecule has 0 aromatic heterocycles. The second-order valence-electron chi connectivity index (χ2n) is 3.03. The summed E-state index contributed by atoms with van der Waals surface area (Å²) in [5, 5.41) is 3.01. The van der Waals surface area contributed by atoms with Crippen LogP contribution in [0.15, 0.2) is 0 Å². The quantitative estimate of drug-likeness (QED) is 0.581. The summed E-state index contributed by atoms with van der Waals surface area (Å²) >= 11 is 8.81. The SMILES string of the molecule is CCCC(C)C(SC)SC(=S)NC. The highest BCUT2D eigenvalue weighted by Gasteiger charge is 2.17. The number of nitrogens with one attached hydrogen (secondary N) is 1. The molecule has 0 aliphatic rings. The van der Waals surface area contributed by atoms with Crippen molar-refractivity contribution in [3.63, 3.8) is 0 Å². The van der Waals surface area contributed by atoms with Crippen LogP contribution >= 0.6 is 35.7 Å². The fraction of sp³-hybridized carbons (Fsp3) is 0.889. The van der Waals surface area contributed by atoms with Gasteiger partial charge in [-0.3, -0.25) is 0 Å². The Labute approximate surface area is 95.8 Å². The van der Waals surface area contributed by atoms with E-state index in [1.165, 1.54) is 12.8 Å². The zero-order valence-corrected chi connectivity index (χ0v) is 11.2. The Morgan fingerprint density at radius 3 is 2.54 bits per heavy atom. The van der Waals surface area contributed by atoms with E-state index in [1.54, 1.807) is 11.8 Å². The maximum atomic E-state index is 5.14. The molecule has 0 aromatic carbocycles. The Bertz CT molecular complexity index is 150. The third-order valence-corrected chi connectivity index (χ3v) is 5.27. The minimum atomic E-state index is 0.597. The number of thiocarbonyl (C=S) groups is 1. The summed E-state index contributed by atoms with van der Waals surface area (Å²) in [6, 6.07) is 0. The van der Waals surface area contributed by atoms with Gasteiger partial charge >= 0.3 is 0 Å². The minimum Gasteiger partial charge on any atom is -0.374 e. The van der Waals surface area contributed by atoms with Gasteiger partial charge < -0.3 is 5.32 Å². The molecule has 0 bridgehead atoms. The largest absolute Gasteiger partial charge is 0.374 e. The molecule has 78 valence electrons.